The normalized spacial score (nSPS) is 10.8. The lowest BCUT2D eigenvalue weighted by molar-refractivity contribution is 0.0523. The van der Waals surface area contributed by atoms with Crippen LogP contribution in [0.1, 0.15) is 36.8 Å². The number of aromatic nitrogens is 1. The Morgan fingerprint density at radius 2 is 2.18 bits per heavy atom. The molecule has 0 saturated carbocycles. The minimum atomic E-state index is -0.510. The Morgan fingerprint density at radius 1 is 1.47 bits per heavy atom. The number of carbonyl (C=O) groups is 2. The average molecular weight is 236 g/mol. The third-order valence-corrected chi connectivity index (χ3v) is 1.80. The Bertz CT molecular complexity index is 393. The van der Waals surface area contributed by atoms with E-state index in [1.165, 1.54) is 0 Å². The van der Waals surface area contributed by atoms with Gasteiger partial charge in [-0.2, -0.15) is 0 Å². The quantitative estimate of drug-likeness (QED) is 0.814. The third-order valence-electron chi connectivity index (χ3n) is 1.80. The van der Waals surface area contributed by atoms with Gasteiger partial charge in [0.1, 0.15) is 11.3 Å². The van der Waals surface area contributed by atoms with Crippen molar-refractivity contribution in [2.45, 2.75) is 32.9 Å². The molecule has 0 unspecified atom stereocenters. The molecule has 0 aliphatic carbocycles. The van der Waals surface area contributed by atoms with Crippen LogP contribution in [0.4, 0.5) is 4.79 Å². The van der Waals surface area contributed by atoms with E-state index in [1.807, 2.05) is 0 Å². The molecule has 0 aliphatic heterocycles. The third kappa shape index (κ3) is 5.10. The number of amides is 1. The van der Waals surface area contributed by atoms with E-state index in [2.05, 4.69) is 10.3 Å². The van der Waals surface area contributed by atoms with Crippen LogP contribution in [0.15, 0.2) is 18.3 Å². The fourth-order valence-corrected chi connectivity index (χ4v) is 1.10. The maximum Gasteiger partial charge on any atom is 0.407 e. The van der Waals surface area contributed by atoms with Gasteiger partial charge in [-0.25, -0.2) is 4.79 Å². The lowest BCUT2D eigenvalue weighted by Gasteiger charge is -2.19. The molecule has 1 aromatic rings. The SMILES string of the molecule is CC(C)(C)OC(=O)NCc1ccc(C=O)nc1. The number of rotatable bonds is 3. The maximum absolute atomic E-state index is 11.3. The Labute approximate surface area is 100 Å². The highest BCUT2D eigenvalue weighted by Crippen LogP contribution is 2.07. The van der Waals surface area contributed by atoms with Crippen LogP contribution in [0.2, 0.25) is 0 Å². The minimum Gasteiger partial charge on any atom is -0.444 e. The highest BCUT2D eigenvalue weighted by molar-refractivity contribution is 5.71. The molecule has 0 aromatic carbocycles. The van der Waals surface area contributed by atoms with Gasteiger partial charge in [0.2, 0.25) is 0 Å². The smallest absolute Gasteiger partial charge is 0.407 e. The molecule has 1 amide bonds. The van der Waals surface area contributed by atoms with Gasteiger partial charge in [0.05, 0.1) is 0 Å². The first kappa shape index (κ1) is 13.2. The average Bonchev–Trinajstić information content (AvgIpc) is 2.25. The molecule has 1 aromatic heterocycles. The van der Waals surface area contributed by atoms with Gasteiger partial charge in [-0.05, 0) is 32.4 Å². The lowest BCUT2D eigenvalue weighted by atomic mass is 10.2. The van der Waals surface area contributed by atoms with E-state index < -0.39 is 11.7 Å². The van der Waals surface area contributed by atoms with Crippen molar-refractivity contribution in [2.75, 3.05) is 0 Å². The molecule has 1 N–H and O–H groups in total. The van der Waals surface area contributed by atoms with Crippen molar-refractivity contribution < 1.29 is 14.3 Å². The highest BCUT2D eigenvalue weighted by Gasteiger charge is 2.15. The summed E-state index contributed by atoms with van der Waals surface area (Å²) in [6.07, 6.45) is 1.74. The van der Waals surface area contributed by atoms with Gasteiger partial charge >= 0.3 is 6.09 Å². The number of nitrogens with one attached hydrogen (secondary N) is 1. The molecule has 0 bridgehead atoms. The predicted octanol–water partition coefficient (Wildman–Crippen LogP) is 1.92. The molecule has 92 valence electrons. The van der Waals surface area contributed by atoms with Crippen molar-refractivity contribution in [3.63, 3.8) is 0 Å². The summed E-state index contributed by atoms with van der Waals surface area (Å²) in [5.41, 5.74) is 0.663. The van der Waals surface area contributed by atoms with E-state index in [4.69, 9.17) is 4.74 Å². The molecule has 0 aliphatic rings. The van der Waals surface area contributed by atoms with Gasteiger partial charge in [-0.3, -0.25) is 9.78 Å². The maximum atomic E-state index is 11.3. The molecule has 0 radical (unpaired) electrons. The van der Waals surface area contributed by atoms with E-state index in [-0.39, 0.29) is 0 Å². The summed E-state index contributed by atoms with van der Waals surface area (Å²) < 4.78 is 5.08. The highest BCUT2D eigenvalue weighted by atomic mass is 16.6. The summed E-state index contributed by atoms with van der Waals surface area (Å²) in [6.45, 7) is 5.72. The van der Waals surface area contributed by atoms with E-state index in [9.17, 15) is 9.59 Å². The van der Waals surface area contributed by atoms with Crippen LogP contribution >= 0.6 is 0 Å². The number of hydrogen-bond acceptors (Lipinski definition) is 4. The summed E-state index contributed by atoms with van der Waals surface area (Å²) >= 11 is 0. The van der Waals surface area contributed by atoms with Crippen molar-refractivity contribution in [3.8, 4) is 0 Å². The van der Waals surface area contributed by atoms with E-state index in [0.717, 1.165) is 5.56 Å². The number of hydrogen-bond donors (Lipinski definition) is 1. The van der Waals surface area contributed by atoms with Crippen molar-refractivity contribution in [3.05, 3.63) is 29.6 Å². The van der Waals surface area contributed by atoms with Crippen molar-refractivity contribution in [1.82, 2.24) is 10.3 Å². The summed E-state index contributed by atoms with van der Waals surface area (Å²) in [6, 6.07) is 3.33. The number of pyridine rings is 1. The summed E-state index contributed by atoms with van der Waals surface area (Å²) in [5.74, 6) is 0. The van der Waals surface area contributed by atoms with Crippen molar-refractivity contribution in [2.24, 2.45) is 0 Å². The Hall–Kier alpha value is -1.91. The van der Waals surface area contributed by atoms with Crippen LogP contribution in [0.3, 0.4) is 0 Å². The molecule has 17 heavy (non-hydrogen) atoms. The zero-order chi connectivity index (χ0) is 12.9. The monoisotopic (exact) mass is 236 g/mol. The van der Waals surface area contributed by atoms with E-state index in [0.29, 0.717) is 18.5 Å². The summed E-state index contributed by atoms with van der Waals surface area (Å²) in [5, 5.41) is 2.60. The summed E-state index contributed by atoms with van der Waals surface area (Å²) in [7, 11) is 0. The van der Waals surface area contributed by atoms with Crippen molar-refractivity contribution in [1.29, 1.82) is 0 Å². The number of aldehydes is 1. The molecule has 5 heteroatoms. The molecule has 1 rings (SSSR count). The number of alkyl carbamates (subject to hydrolysis) is 1. The Kier molecular flexibility index (Phi) is 4.20. The molecule has 0 atom stereocenters. The molecule has 5 nitrogen and oxygen atoms in total. The van der Waals surface area contributed by atoms with Gasteiger partial charge in [0.15, 0.2) is 6.29 Å². The van der Waals surface area contributed by atoms with Crippen molar-refractivity contribution >= 4 is 12.4 Å². The summed E-state index contributed by atoms with van der Waals surface area (Å²) in [4.78, 5) is 25.6. The molecule has 0 saturated heterocycles. The predicted molar refractivity (Wildman–Crippen MR) is 62.7 cm³/mol. The van der Waals surface area contributed by atoms with Crippen LogP contribution < -0.4 is 5.32 Å². The van der Waals surface area contributed by atoms with E-state index in [1.54, 1.807) is 39.1 Å². The zero-order valence-electron chi connectivity index (χ0n) is 10.2. The first-order valence-corrected chi connectivity index (χ1v) is 5.28. The topological polar surface area (TPSA) is 68.3 Å². The second-order valence-electron chi connectivity index (χ2n) is 4.56. The van der Waals surface area contributed by atoms with Gasteiger partial charge in [-0.15, -0.1) is 0 Å². The van der Waals surface area contributed by atoms with Crippen LogP contribution in [0.5, 0.6) is 0 Å². The standard InChI is InChI=1S/C12H16N2O3/c1-12(2,3)17-11(16)14-7-9-4-5-10(8-15)13-6-9/h4-6,8H,7H2,1-3H3,(H,14,16). The molecule has 0 fully saturated rings. The lowest BCUT2D eigenvalue weighted by Crippen LogP contribution is -2.32. The van der Waals surface area contributed by atoms with Gasteiger partial charge < -0.3 is 10.1 Å². The van der Waals surface area contributed by atoms with Crippen LogP contribution in [0.25, 0.3) is 0 Å². The fourth-order valence-electron chi connectivity index (χ4n) is 1.10. The molecular weight excluding hydrogens is 220 g/mol. The minimum absolute atomic E-state index is 0.320. The van der Waals surface area contributed by atoms with Crippen LogP contribution in [-0.4, -0.2) is 23.0 Å². The molecule has 1 heterocycles. The second-order valence-corrected chi connectivity index (χ2v) is 4.56. The first-order valence-electron chi connectivity index (χ1n) is 5.28. The molecular formula is C12H16N2O3. The van der Waals surface area contributed by atoms with Crippen LogP contribution in [0, 0.1) is 0 Å². The fraction of sp³-hybridized carbons (Fsp3) is 0.417. The zero-order valence-corrected chi connectivity index (χ0v) is 10.2. The molecule has 0 spiro atoms. The van der Waals surface area contributed by atoms with Gasteiger partial charge in [0, 0.05) is 12.7 Å². The number of nitrogens with zero attached hydrogens (tertiary/aromatic N) is 1. The Morgan fingerprint density at radius 3 is 2.65 bits per heavy atom. The van der Waals surface area contributed by atoms with Gasteiger partial charge in [-0.1, -0.05) is 6.07 Å². The Balaban J connectivity index is 2.44. The van der Waals surface area contributed by atoms with E-state index >= 15 is 0 Å². The number of carbonyl (C=O) groups excluding carboxylic acids is 2. The number of ether oxygens (including phenoxy) is 1. The largest absolute Gasteiger partial charge is 0.444 e. The second kappa shape index (κ2) is 5.43. The first-order chi connectivity index (χ1) is 7.90. The van der Waals surface area contributed by atoms with Crippen LogP contribution in [-0.2, 0) is 11.3 Å². The van der Waals surface area contributed by atoms with Gasteiger partial charge in [0.25, 0.3) is 0 Å².